The Labute approximate surface area is 96.2 Å². The molecule has 0 saturated heterocycles. The van der Waals surface area contributed by atoms with Gasteiger partial charge in [0.25, 0.3) is 0 Å². The molecule has 1 aromatic carbocycles. The van der Waals surface area contributed by atoms with Gasteiger partial charge in [0.05, 0.1) is 0 Å². The van der Waals surface area contributed by atoms with E-state index >= 15 is 0 Å². The summed E-state index contributed by atoms with van der Waals surface area (Å²) in [7, 11) is 4.17. The van der Waals surface area contributed by atoms with Crippen molar-refractivity contribution in [1.82, 2.24) is 9.88 Å². The molecule has 3 N–H and O–H groups in total. The first-order valence-electron chi connectivity index (χ1n) is 5.64. The molecular weight excluding hydrogens is 198 g/mol. The van der Waals surface area contributed by atoms with Crippen LogP contribution in [0.4, 0.5) is 0 Å². The average molecular weight is 217 g/mol. The lowest BCUT2D eigenvalue weighted by Crippen LogP contribution is -2.10. The zero-order valence-electron chi connectivity index (χ0n) is 9.96. The summed E-state index contributed by atoms with van der Waals surface area (Å²) in [4.78, 5) is 5.48. The molecule has 2 rings (SSSR count). The minimum Gasteiger partial charge on any atom is -0.361 e. The third-order valence-electron chi connectivity index (χ3n) is 2.75. The van der Waals surface area contributed by atoms with Crippen molar-refractivity contribution in [3.05, 3.63) is 35.5 Å². The summed E-state index contributed by atoms with van der Waals surface area (Å²) in [6, 6.07) is 6.53. The number of hydrogen-bond donors (Lipinski definition) is 2. The van der Waals surface area contributed by atoms with Gasteiger partial charge in [0.15, 0.2) is 0 Å². The minimum absolute atomic E-state index is 0.707. The summed E-state index contributed by atoms with van der Waals surface area (Å²) in [6.45, 7) is 1.67. The fourth-order valence-electron chi connectivity index (χ4n) is 2.02. The highest BCUT2D eigenvalue weighted by molar-refractivity contribution is 5.83. The largest absolute Gasteiger partial charge is 0.361 e. The lowest BCUT2D eigenvalue weighted by molar-refractivity contribution is 0.404. The molecule has 86 valence electrons. The number of nitrogens with zero attached hydrogens (tertiary/aromatic N) is 1. The molecule has 1 aromatic heterocycles. The summed E-state index contributed by atoms with van der Waals surface area (Å²) >= 11 is 0. The summed E-state index contributed by atoms with van der Waals surface area (Å²) in [6.07, 6.45) is 3.04. The summed E-state index contributed by atoms with van der Waals surface area (Å²) in [5.74, 6) is 0. The van der Waals surface area contributed by atoms with E-state index in [1.807, 2.05) is 0 Å². The highest BCUT2D eigenvalue weighted by atomic mass is 15.0. The van der Waals surface area contributed by atoms with E-state index in [1.54, 1.807) is 0 Å². The van der Waals surface area contributed by atoms with Crippen molar-refractivity contribution in [2.75, 3.05) is 20.6 Å². The van der Waals surface area contributed by atoms with Gasteiger partial charge in [-0.05, 0) is 50.3 Å². The molecule has 1 heterocycles. The molecule has 0 spiro atoms. The van der Waals surface area contributed by atoms with Crippen LogP contribution in [-0.4, -0.2) is 30.5 Å². The third kappa shape index (κ3) is 2.26. The number of nitrogens with one attached hydrogen (secondary N) is 1. The van der Waals surface area contributed by atoms with E-state index < -0.39 is 0 Å². The lowest BCUT2D eigenvalue weighted by atomic mass is 10.1. The number of fused-ring (bicyclic) bond motifs is 1. The van der Waals surface area contributed by atoms with Crippen LogP contribution in [0.3, 0.4) is 0 Å². The molecule has 16 heavy (non-hydrogen) atoms. The van der Waals surface area contributed by atoms with Gasteiger partial charge in [-0.15, -0.1) is 0 Å². The predicted octanol–water partition coefficient (Wildman–Crippen LogP) is 1.73. The van der Waals surface area contributed by atoms with Gasteiger partial charge < -0.3 is 15.6 Å². The van der Waals surface area contributed by atoms with Crippen molar-refractivity contribution >= 4 is 10.9 Å². The van der Waals surface area contributed by atoms with Crippen LogP contribution in [0.5, 0.6) is 0 Å². The van der Waals surface area contributed by atoms with Crippen molar-refractivity contribution in [2.45, 2.75) is 13.0 Å². The molecule has 0 radical (unpaired) electrons. The number of aromatic amines is 1. The normalized spacial score (nSPS) is 11.5. The molecule has 0 unspecified atom stereocenters. The van der Waals surface area contributed by atoms with E-state index in [1.165, 1.54) is 22.0 Å². The van der Waals surface area contributed by atoms with Gasteiger partial charge in [0.1, 0.15) is 0 Å². The van der Waals surface area contributed by atoms with E-state index in [4.69, 9.17) is 5.73 Å². The molecule has 3 nitrogen and oxygen atoms in total. The second-order valence-electron chi connectivity index (χ2n) is 4.47. The molecule has 0 amide bonds. The third-order valence-corrected chi connectivity index (χ3v) is 2.75. The van der Waals surface area contributed by atoms with E-state index in [2.05, 4.69) is 48.4 Å². The van der Waals surface area contributed by atoms with Crippen LogP contribution in [0.1, 0.15) is 11.1 Å². The average Bonchev–Trinajstić information content (AvgIpc) is 2.61. The Bertz CT molecular complexity index is 471. The summed E-state index contributed by atoms with van der Waals surface area (Å²) < 4.78 is 0. The first-order chi connectivity index (χ1) is 7.70. The maximum Gasteiger partial charge on any atom is 0.0457 e. The molecular formula is C13H19N3. The van der Waals surface area contributed by atoms with Gasteiger partial charge in [0, 0.05) is 23.6 Å². The van der Waals surface area contributed by atoms with Gasteiger partial charge in [-0.1, -0.05) is 6.07 Å². The Balaban J connectivity index is 2.39. The van der Waals surface area contributed by atoms with E-state index in [0.717, 1.165) is 13.0 Å². The molecule has 0 aliphatic heterocycles. The predicted molar refractivity (Wildman–Crippen MR) is 68.4 cm³/mol. The molecule has 0 aliphatic rings. The van der Waals surface area contributed by atoms with Gasteiger partial charge in [-0.2, -0.15) is 0 Å². The second-order valence-corrected chi connectivity index (χ2v) is 4.47. The smallest absolute Gasteiger partial charge is 0.0457 e. The van der Waals surface area contributed by atoms with Crippen LogP contribution >= 0.6 is 0 Å². The van der Waals surface area contributed by atoms with E-state index in [0.29, 0.717) is 6.54 Å². The number of hydrogen-bond acceptors (Lipinski definition) is 2. The van der Waals surface area contributed by atoms with E-state index in [9.17, 15) is 0 Å². The highest BCUT2D eigenvalue weighted by Crippen LogP contribution is 2.20. The molecule has 0 bridgehead atoms. The number of aromatic nitrogens is 1. The highest BCUT2D eigenvalue weighted by Gasteiger charge is 2.05. The molecule has 0 fully saturated rings. The molecule has 3 heteroatoms. The maximum absolute atomic E-state index is 5.58. The van der Waals surface area contributed by atoms with Crippen LogP contribution in [-0.2, 0) is 13.0 Å². The Hall–Kier alpha value is -1.32. The van der Waals surface area contributed by atoms with Crippen LogP contribution in [0.15, 0.2) is 24.4 Å². The minimum atomic E-state index is 0.707. The Kier molecular flexibility index (Phi) is 3.27. The quantitative estimate of drug-likeness (QED) is 0.819. The van der Waals surface area contributed by atoms with Gasteiger partial charge in [0.2, 0.25) is 0 Å². The summed E-state index contributed by atoms with van der Waals surface area (Å²) in [5, 5.41) is 1.32. The molecule has 0 atom stereocenters. The number of rotatable bonds is 4. The first kappa shape index (κ1) is 11.2. The second kappa shape index (κ2) is 4.68. The van der Waals surface area contributed by atoms with Gasteiger partial charge in [-0.3, -0.25) is 0 Å². The SMILES string of the molecule is CN(C)Cc1c[nH]c2ccc(CCN)cc12. The van der Waals surface area contributed by atoms with E-state index in [-0.39, 0.29) is 0 Å². The molecule has 2 aromatic rings. The maximum atomic E-state index is 5.58. The number of nitrogens with two attached hydrogens (primary N) is 1. The van der Waals surface area contributed by atoms with Gasteiger partial charge >= 0.3 is 0 Å². The van der Waals surface area contributed by atoms with Crippen molar-refractivity contribution < 1.29 is 0 Å². The molecule has 0 aliphatic carbocycles. The monoisotopic (exact) mass is 217 g/mol. The number of H-pyrrole nitrogens is 1. The summed E-state index contributed by atoms with van der Waals surface area (Å²) in [5.41, 5.74) is 9.45. The lowest BCUT2D eigenvalue weighted by Gasteiger charge is -2.08. The van der Waals surface area contributed by atoms with Crippen LogP contribution < -0.4 is 5.73 Å². The van der Waals surface area contributed by atoms with Crippen molar-refractivity contribution in [3.8, 4) is 0 Å². The van der Waals surface area contributed by atoms with Crippen molar-refractivity contribution in [3.63, 3.8) is 0 Å². The zero-order chi connectivity index (χ0) is 11.5. The van der Waals surface area contributed by atoms with Crippen LogP contribution in [0, 0.1) is 0 Å². The topological polar surface area (TPSA) is 45.0 Å². The van der Waals surface area contributed by atoms with Crippen LogP contribution in [0.2, 0.25) is 0 Å². The number of benzene rings is 1. The fourth-order valence-corrected chi connectivity index (χ4v) is 2.02. The van der Waals surface area contributed by atoms with Crippen molar-refractivity contribution in [2.24, 2.45) is 5.73 Å². The van der Waals surface area contributed by atoms with Gasteiger partial charge in [-0.25, -0.2) is 0 Å². The fraction of sp³-hybridized carbons (Fsp3) is 0.385. The standard InChI is InChI=1S/C13H19N3/c1-16(2)9-11-8-15-13-4-3-10(5-6-14)7-12(11)13/h3-4,7-8,15H,5-6,9,14H2,1-2H3. The molecule has 0 saturated carbocycles. The van der Waals surface area contributed by atoms with Crippen molar-refractivity contribution in [1.29, 1.82) is 0 Å². The Morgan fingerprint density at radius 2 is 2.12 bits per heavy atom. The zero-order valence-corrected chi connectivity index (χ0v) is 9.96. The van der Waals surface area contributed by atoms with Crippen LogP contribution in [0.25, 0.3) is 10.9 Å². The Morgan fingerprint density at radius 1 is 1.31 bits per heavy atom. The first-order valence-corrected chi connectivity index (χ1v) is 5.64. The Morgan fingerprint density at radius 3 is 2.81 bits per heavy atom.